The van der Waals surface area contributed by atoms with Crippen molar-refractivity contribution in [2.75, 3.05) is 39.6 Å². The molecule has 0 aliphatic rings. The van der Waals surface area contributed by atoms with E-state index in [0.717, 1.165) is 115 Å². The van der Waals surface area contributed by atoms with Gasteiger partial charge in [0.05, 0.1) is 26.4 Å². The average Bonchev–Trinajstić information content (AvgIpc) is 3.68. The van der Waals surface area contributed by atoms with Crippen molar-refractivity contribution < 1.29 is 80.2 Å². The molecule has 0 aliphatic carbocycles. The van der Waals surface area contributed by atoms with Gasteiger partial charge in [-0.3, -0.25) is 37.3 Å². The van der Waals surface area contributed by atoms with Crippen molar-refractivity contribution in [1.82, 2.24) is 0 Å². The number of hydrogen-bond donors (Lipinski definition) is 3. The molecule has 5 atom stereocenters. The molecule has 3 N–H and O–H groups in total. The van der Waals surface area contributed by atoms with E-state index in [1.165, 1.54) is 122 Å². The molecule has 0 aromatic carbocycles. The van der Waals surface area contributed by atoms with Crippen LogP contribution in [0.25, 0.3) is 0 Å². The van der Waals surface area contributed by atoms with E-state index in [0.29, 0.717) is 37.5 Å². The minimum Gasteiger partial charge on any atom is -0.462 e. The van der Waals surface area contributed by atoms with Crippen LogP contribution in [0.5, 0.6) is 0 Å². The number of aliphatic hydroxyl groups excluding tert-OH is 1. The van der Waals surface area contributed by atoms with Crippen molar-refractivity contribution in [1.29, 1.82) is 0 Å². The van der Waals surface area contributed by atoms with E-state index in [4.69, 9.17) is 37.0 Å². The summed E-state index contributed by atoms with van der Waals surface area (Å²) in [5.74, 6) is 0.779. The first-order chi connectivity index (χ1) is 41.6. The molecule has 516 valence electrons. The number of aliphatic hydroxyl groups is 1. The second kappa shape index (κ2) is 57.9. The maximum absolute atomic E-state index is 13.0. The Morgan fingerprint density at radius 3 is 0.713 bits per heavy atom. The number of carbonyl (C=O) groups is 4. The van der Waals surface area contributed by atoms with Crippen LogP contribution in [-0.4, -0.2) is 96.7 Å². The van der Waals surface area contributed by atoms with Gasteiger partial charge < -0.3 is 33.8 Å². The van der Waals surface area contributed by atoms with Gasteiger partial charge in [-0.15, -0.1) is 0 Å². The Morgan fingerprint density at radius 1 is 0.287 bits per heavy atom. The maximum atomic E-state index is 13.0. The summed E-state index contributed by atoms with van der Waals surface area (Å²) < 4.78 is 68.2. The van der Waals surface area contributed by atoms with Crippen molar-refractivity contribution in [3.63, 3.8) is 0 Å². The molecule has 0 bridgehead atoms. The first kappa shape index (κ1) is 85.1. The highest BCUT2D eigenvalue weighted by atomic mass is 31.2. The van der Waals surface area contributed by atoms with Gasteiger partial charge in [-0.05, 0) is 49.4 Å². The van der Waals surface area contributed by atoms with Crippen LogP contribution in [0.15, 0.2) is 0 Å². The summed E-state index contributed by atoms with van der Waals surface area (Å²) in [6, 6.07) is 0. The molecular formula is C68H132O17P2. The van der Waals surface area contributed by atoms with E-state index in [1.54, 1.807) is 0 Å². The summed E-state index contributed by atoms with van der Waals surface area (Å²) in [6.07, 6.45) is 39.1. The molecule has 87 heavy (non-hydrogen) atoms. The fraction of sp³-hybridized carbons (Fsp3) is 0.941. The first-order valence-electron chi connectivity index (χ1n) is 35.2. The fourth-order valence-electron chi connectivity index (χ4n) is 10.1. The Kier molecular flexibility index (Phi) is 56.6. The first-order valence-corrected chi connectivity index (χ1v) is 38.2. The average molecular weight is 1280 g/mol. The maximum Gasteiger partial charge on any atom is 0.472 e. The van der Waals surface area contributed by atoms with Crippen molar-refractivity contribution in [2.24, 2.45) is 23.7 Å². The van der Waals surface area contributed by atoms with Crippen LogP contribution in [-0.2, 0) is 65.4 Å². The zero-order valence-corrected chi connectivity index (χ0v) is 58.4. The highest BCUT2D eigenvalue weighted by Crippen LogP contribution is 2.45. The van der Waals surface area contributed by atoms with Gasteiger partial charge in [0.2, 0.25) is 0 Å². The lowest BCUT2D eigenvalue weighted by atomic mass is 10.0. The van der Waals surface area contributed by atoms with Crippen LogP contribution in [0.1, 0.15) is 331 Å². The predicted molar refractivity (Wildman–Crippen MR) is 349 cm³/mol. The van der Waals surface area contributed by atoms with Gasteiger partial charge in [-0.2, -0.15) is 0 Å². The lowest BCUT2D eigenvalue weighted by molar-refractivity contribution is -0.161. The van der Waals surface area contributed by atoms with E-state index in [-0.39, 0.29) is 25.7 Å². The predicted octanol–water partition coefficient (Wildman–Crippen LogP) is 18.9. The smallest absolute Gasteiger partial charge is 0.462 e. The van der Waals surface area contributed by atoms with Crippen molar-refractivity contribution in [3.8, 4) is 0 Å². The van der Waals surface area contributed by atoms with E-state index in [2.05, 4.69) is 55.4 Å². The molecule has 0 amide bonds. The molecule has 0 radical (unpaired) electrons. The van der Waals surface area contributed by atoms with Gasteiger partial charge >= 0.3 is 39.5 Å². The molecule has 0 aliphatic heterocycles. The second-order valence-corrected chi connectivity index (χ2v) is 29.4. The Hall–Kier alpha value is -1.94. The Morgan fingerprint density at radius 2 is 0.483 bits per heavy atom. The molecule has 0 aromatic rings. The topological polar surface area (TPSA) is 237 Å². The lowest BCUT2D eigenvalue weighted by Crippen LogP contribution is -2.30. The minimum absolute atomic E-state index is 0.104. The number of ether oxygens (including phenoxy) is 4. The monoisotopic (exact) mass is 1280 g/mol. The fourth-order valence-corrected chi connectivity index (χ4v) is 11.7. The normalized spacial score (nSPS) is 14.3. The zero-order valence-electron chi connectivity index (χ0n) is 56.6. The van der Waals surface area contributed by atoms with Gasteiger partial charge in [0.1, 0.15) is 19.3 Å². The van der Waals surface area contributed by atoms with Gasteiger partial charge in [0.25, 0.3) is 0 Å². The third-order valence-corrected chi connectivity index (χ3v) is 17.5. The van der Waals surface area contributed by atoms with Gasteiger partial charge in [-0.25, -0.2) is 9.13 Å². The van der Waals surface area contributed by atoms with E-state index < -0.39 is 97.5 Å². The van der Waals surface area contributed by atoms with Crippen LogP contribution in [0, 0.1) is 23.7 Å². The summed E-state index contributed by atoms with van der Waals surface area (Å²) in [5, 5.41) is 10.6. The van der Waals surface area contributed by atoms with Crippen molar-refractivity contribution in [3.05, 3.63) is 0 Å². The van der Waals surface area contributed by atoms with E-state index >= 15 is 0 Å². The van der Waals surface area contributed by atoms with Crippen LogP contribution >= 0.6 is 15.6 Å². The summed E-state index contributed by atoms with van der Waals surface area (Å²) >= 11 is 0. The molecule has 0 heterocycles. The molecule has 0 saturated carbocycles. The van der Waals surface area contributed by atoms with Crippen LogP contribution in [0.3, 0.4) is 0 Å². The summed E-state index contributed by atoms with van der Waals surface area (Å²) in [6.45, 7) is 14.0. The SMILES string of the molecule is CC(C)CCCCCCCCCCCCCCC(=O)O[C@H](COC(=O)CCCCCCCCCC(C)C)COP(=O)(O)OCC(O)COP(=O)(O)OC[C@@H](COC(=O)CCCCCCCCC(C)C)OC(=O)CCCCCCCCCCCCC(C)C. The molecule has 0 saturated heterocycles. The molecule has 0 fully saturated rings. The molecule has 3 unspecified atom stereocenters. The molecule has 19 heteroatoms. The minimum atomic E-state index is -4.95. The number of rotatable bonds is 65. The van der Waals surface area contributed by atoms with Gasteiger partial charge in [-0.1, -0.05) is 280 Å². The largest absolute Gasteiger partial charge is 0.472 e. The molecule has 0 aromatic heterocycles. The third-order valence-electron chi connectivity index (χ3n) is 15.6. The van der Waals surface area contributed by atoms with Crippen LogP contribution in [0.2, 0.25) is 0 Å². The molecular weight excluding hydrogens is 1150 g/mol. The Labute approximate surface area is 530 Å². The van der Waals surface area contributed by atoms with Crippen LogP contribution in [0.4, 0.5) is 0 Å². The molecule has 0 spiro atoms. The van der Waals surface area contributed by atoms with Gasteiger partial charge in [0.15, 0.2) is 12.2 Å². The van der Waals surface area contributed by atoms with Crippen molar-refractivity contribution >= 4 is 39.5 Å². The summed E-state index contributed by atoms with van der Waals surface area (Å²) in [4.78, 5) is 72.4. The highest BCUT2D eigenvalue weighted by molar-refractivity contribution is 7.47. The molecule has 17 nitrogen and oxygen atoms in total. The number of phosphoric acid groups is 2. The Bertz CT molecular complexity index is 1730. The van der Waals surface area contributed by atoms with Gasteiger partial charge in [0, 0.05) is 25.7 Å². The third kappa shape index (κ3) is 62.6. The summed E-state index contributed by atoms with van der Waals surface area (Å²) in [7, 11) is -9.90. The lowest BCUT2D eigenvalue weighted by Gasteiger charge is -2.21. The number of unbranched alkanes of at least 4 members (excludes halogenated alkanes) is 31. The number of phosphoric ester groups is 2. The highest BCUT2D eigenvalue weighted by Gasteiger charge is 2.30. The van der Waals surface area contributed by atoms with E-state index in [9.17, 15) is 43.2 Å². The summed E-state index contributed by atoms with van der Waals surface area (Å²) in [5.41, 5.74) is 0. The van der Waals surface area contributed by atoms with Crippen LogP contribution < -0.4 is 0 Å². The van der Waals surface area contributed by atoms with E-state index in [1.807, 2.05) is 0 Å². The quantitative estimate of drug-likeness (QED) is 0.0222. The van der Waals surface area contributed by atoms with Crippen molar-refractivity contribution in [2.45, 2.75) is 350 Å². The number of carbonyl (C=O) groups excluding carboxylic acids is 4. The number of hydrogen-bond acceptors (Lipinski definition) is 15. The Balaban J connectivity index is 5.24. The molecule has 0 rings (SSSR count). The zero-order chi connectivity index (χ0) is 64.7. The number of esters is 4. The second-order valence-electron chi connectivity index (χ2n) is 26.5. The standard InChI is InChI=1S/C68H132O17P2/c1-58(2)44-36-28-20-15-11-9-10-12-17-23-34-42-50-67(72)84-63(54-78-65(70)48-40-32-25-19-22-30-38-46-60(5)6)56-82-86(74,75)80-52-62(69)53-81-87(76,77)83-57-64(55-79-66(71)49-41-33-27-26-31-39-47-61(7)8)85-68(73)51-43-35-24-18-14-13-16-21-29-37-45-59(3)4/h58-64,69H,9-57H2,1-8H3,(H,74,75)(H,76,77)/t62?,63-,64-/m1/s1.